The molecule has 1 saturated heterocycles. The summed E-state index contributed by atoms with van der Waals surface area (Å²) in [4.78, 5) is 40.0. The smallest absolute Gasteiger partial charge is 0.312 e. The lowest BCUT2D eigenvalue weighted by atomic mass is 10.1. The summed E-state index contributed by atoms with van der Waals surface area (Å²) in [6.07, 6.45) is 0.685. The second-order valence-electron chi connectivity index (χ2n) is 6.57. The van der Waals surface area contributed by atoms with Crippen LogP contribution in [0.5, 0.6) is 0 Å². The van der Waals surface area contributed by atoms with Crippen molar-refractivity contribution in [3.8, 4) is 0 Å². The number of hydrogen-bond acceptors (Lipinski definition) is 5. The number of anilines is 1. The number of esters is 1. The highest BCUT2D eigenvalue weighted by atomic mass is 16.5. The second kappa shape index (κ2) is 8.07. The van der Waals surface area contributed by atoms with Crippen molar-refractivity contribution in [1.29, 1.82) is 0 Å². The maximum atomic E-state index is 12.5. The average Bonchev–Trinajstić information content (AvgIpc) is 3.31. The van der Waals surface area contributed by atoms with Crippen molar-refractivity contribution in [2.45, 2.75) is 26.0 Å². The maximum Gasteiger partial charge on any atom is 0.312 e. The van der Waals surface area contributed by atoms with Crippen LogP contribution in [0.15, 0.2) is 53.1 Å². The third-order valence-corrected chi connectivity index (χ3v) is 4.59. The summed E-state index contributed by atoms with van der Waals surface area (Å²) in [5, 5.41) is 0. The summed E-state index contributed by atoms with van der Waals surface area (Å²) in [7, 11) is 1.63. The predicted molar refractivity (Wildman–Crippen MR) is 97.6 cm³/mol. The molecule has 7 heteroatoms. The number of carbonyl (C=O) groups excluding carboxylic acids is 3. The van der Waals surface area contributed by atoms with Crippen LogP contribution in [-0.4, -0.2) is 42.4 Å². The number of nitrogens with zero attached hydrogens (tertiary/aromatic N) is 2. The number of para-hydroxylation sites is 1. The van der Waals surface area contributed by atoms with E-state index in [0.717, 1.165) is 0 Å². The SMILES string of the molecule is C[C@H](OC(=O)[C@H]1CC(=O)N(Cc2ccco2)C1)C(=O)N(C)c1ccccc1. The monoisotopic (exact) mass is 370 g/mol. The molecule has 7 nitrogen and oxygen atoms in total. The fourth-order valence-electron chi connectivity index (χ4n) is 3.05. The number of benzene rings is 1. The summed E-state index contributed by atoms with van der Waals surface area (Å²) < 4.78 is 10.6. The second-order valence-corrected chi connectivity index (χ2v) is 6.57. The van der Waals surface area contributed by atoms with Gasteiger partial charge in [-0.1, -0.05) is 18.2 Å². The predicted octanol–water partition coefficient (Wildman–Crippen LogP) is 2.22. The van der Waals surface area contributed by atoms with Gasteiger partial charge in [0.05, 0.1) is 18.7 Å². The van der Waals surface area contributed by atoms with Crippen molar-refractivity contribution < 1.29 is 23.5 Å². The molecular formula is C20H22N2O5. The third kappa shape index (κ3) is 4.36. The zero-order chi connectivity index (χ0) is 19.4. The molecule has 1 fully saturated rings. The molecule has 142 valence electrons. The first-order valence-electron chi connectivity index (χ1n) is 8.79. The van der Waals surface area contributed by atoms with Gasteiger partial charge in [-0.3, -0.25) is 14.4 Å². The molecule has 1 aromatic carbocycles. The molecule has 0 unspecified atom stereocenters. The molecule has 1 aliphatic heterocycles. The number of amides is 2. The topological polar surface area (TPSA) is 80.1 Å². The van der Waals surface area contributed by atoms with Gasteiger partial charge in [0.25, 0.3) is 5.91 Å². The van der Waals surface area contributed by atoms with Crippen LogP contribution in [0.1, 0.15) is 19.1 Å². The van der Waals surface area contributed by atoms with Gasteiger partial charge in [0.2, 0.25) is 5.91 Å². The number of likely N-dealkylation sites (tertiary alicyclic amines) is 1. The summed E-state index contributed by atoms with van der Waals surface area (Å²) >= 11 is 0. The van der Waals surface area contributed by atoms with Crippen molar-refractivity contribution >= 4 is 23.5 Å². The lowest BCUT2D eigenvalue weighted by molar-refractivity contribution is -0.157. The molecule has 2 aromatic rings. The van der Waals surface area contributed by atoms with E-state index in [1.807, 2.05) is 18.2 Å². The first kappa shape index (κ1) is 18.7. The Morgan fingerprint density at radius 1 is 1.26 bits per heavy atom. The zero-order valence-corrected chi connectivity index (χ0v) is 15.3. The van der Waals surface area contributed by atoms with Gasteiger partial charge in [0.15, 0.2) is 6.10 Å². The van der Waals surface area contributed by atoms with Gasteiger partial charge in [-0.15, -0.1) is 0 Å². The van der Waals surface area contributed by atoms with Crippen molar-refractivity contribution in [3.05, 3.63) is 54.5 Å². The highest BCUT2D eigenvalue weighted by molar-refractivity contribution is 5.97. The van der Waals surface area contributed by atoms with Crippen LogP contribution < -0.4 is 4.90 Å². The third-order valence-electron chi connectivity index (χ3n) is 4.59. The molecule has 0 radical (unpaired) electrons. The minimum absolute atomic E-state index is 0.0784. The number of carbonyl (C=O) groups is 3. The summed E-state index contributed by atoms with van der Waals surface area (Å²) in [6.45, 7) is 2.12. The molecule has 0 aliphatic carbocycles. The number of hydrogen-bond donors (Lipinski definition) is 0. The van der Waals surface area contributed by atoms with Gasteiger partial charge >= 0.3 is 5.97 Å². The van der Waals surface area contributed by atoms with Crippen LogP contribution in [-0.2, 0) is 25.7 Å². The Bertz CT molecular complexity index is 803. The Labute approximate surface area is 157 Å². The molecule has 0 N–H and O–H groups in total. The van der Waals surface area contributed by atoms with Crippen LogP contribution in [0.4, 0.5) is 5.69 Å². The number of likely N-dealkylation sites (N-methyl/N-ethyl adjacent to an activating group) is 1. The molecule has 3 rings (SSSR count). The molecule has 2 amide bonds. The van der Waals surface area contributed by atoms with E-state index >= 15 is 0 Å². The molecular weight excluding hydrogens is 348 g/mol. The minimum atomic E-state index is -0.933. The lowest BCUT2D eigenvalue weighted by Crippen LogP contribution is -2.38. The summed E-state index contributed by atoms with van der Waals surface area (Å²) in [6, 6.07) is 12.6. The first-order chi connectivity index (χ1) is 13.0. The van der Waals surface area contributed by atoms with Crippen molar-refractivity contribution in [2.24, 2.45) is 5.92 Å². The standard InChI is InChI=1S/C20H22N2O5/c1-14(19(24)21(2)16-7-4-3-5-8-16)27-20(25)15-11-18(23)22(12-15)13-17-9-6-10-26-17/h3-10,14-15H,11-13H2,1-2H3/t14-,15-/m0/s1. The van der Waals surface area contributed by atoms with E-state index in [-0.39, 0.29) is 24.8 Å². The molecule has 1 aliphatic rings. The Hall–Kier alpha value is -3.09. The lowest BCUT2D eigenvalue weighted by Gasteiger charge is -2.22. The van der Waals surface area contributed by atoms with Gasteiger partial charge in [0, 0.05) is 25.7 Å². The minimum Gasteiger partial charge on any atom is -0.467 e. The van der Waals surface area contributed by atoms with E-state index in [1.165, 1.54) is 18.1 Å². The van der Waals surface area contributed by atoms with E-state index in [0.29, 0.717) is 18.0 Å². The quantitative estimate of drug-likeness (QED) is 0.729. The first-order valence-corrected chi connectivity index (χ1v) is 8.79. The van der Waals surface area contributed by atoms with Gasteiger partial charge in [-0.2, -0.15) is 0 Å². The molecule has 2 atom stereocenters. The molecule has 0 spiro atoms. The highest BCUT2D eigenvalue weighted by Crippen LogP contribution is 2.22. The van der Waals surface area contributed by atoms with Gasteiger partial charge in [-0.05, 0) is 31.2 Å². The van der Waals surface area contributed by atoms with Crippen LogP contribution in [0, 0.1) is 5.92 Å². The zero-order valence-electron chi connectivity index (χ0n) is 15.3. The van der Waals surface area contributed by atoms with Crippen LogP contribution in [0.3, 0.4) is 0 Å². The van der Waals surface area contributed by atoms with Crippen LogP contribution in [0.25, 0.3) is 0 Å². The Morgan fingerprint density at radius 2 is 2.00 bits per heavy atom. The fourth-order valence-corrected chi connectivity index (χ4v) is 3.05. The van der Waals surface area contributed by atoms with E-state index in [1.54, 1.807) is 36.2 Å². The Morgan fingerprint density at radius 3 is 2.67 bits per heavy atom. The number of rotatable bonds is 6. The Kier molecular flexibility index (Phi) is 5.59. The molecule has 0 bridgehead atoms. The highest BCUT2D eigenvalue weighted by Gasteiger charge is 2.37. The normalized spacial score (nSPS) is 17.6. The number of ether oxygens (including phenoxy) is 1. The van der Waals surface area contributed by atoms with E-state index in [2.05, 4.69) is 0 Å². The molecule has 27 heavy (non-hydrogen) atoms. The van der Waals surface area contributed by atoms with Crippen LogP contribution in [0.2, 0.25) is 0 Å². The summed E-state index contributed by atoms with van der Waals surface area (Å²) in [5.74, 6) is -0.914. The molecule has 0 saturated carbocycles. The Balaban J connectivity index is 1.55. The van der Waals surface area contributed by atoms with Crippen molar-refractivity contribution in [1.82, 2.24) is 4.90 Å². The maximum absolute atomic E-state index is 12.5. The largest absolute Gasteiger partial charge is 0.467 e. The van der Waals surface area contributed by atoms with E-state index in [9.17, 15) is 14.4 Å². The van der Waals surface area contributed by atoms with Gasteiger partial charge in [-0.25, -0.2) is 0 Å². The van der Waals surface area contributed by atoms with E-state index < -0.39 is 18.0 Å². The van der Waals surface area contributed by atoms with E-state index in [4.69, 9.17) is 9.15 Å². The van der Waals surface area contributed by atoms with Crippen molar-refractivity contribution in [2.75, 3.05) is 18.5 Å². The summed E-state index contributed by atoms with van der Waals surface area (Å²) in [5.41, 5.74) is 0.714. The fraction of sp³-hybridized carbons (Fsp3) is 0.350. The van der Waals surface area contributed by atoms with Gasteiger partial charge < -0.3 is 19.0 Å². The molecule has 1 aromatic heterocycles. The van der Waals surface area contributed by atoms with Crippen LogP contribution >= 0.6 is 0 Å². The number of furan rings is 1. The van der Waals surface area contributed by atoms with Gasteiger partial charge in [0.1, 0.15) is 5.76 Å². The molecule has 2 heterocycles. The average molecular weight is 370 g/mol. The van der Waals surface area contributed by atoms with Crippen molar-refractivity contribution in [3.63, 3.8) is 0 Å².